The summed E-state index contributed by atoms with van der Waals surface area (Å²) in [7, 11) is 0. The van der Waals surface area contributed by atoms with E-state index in [0.29, 0.717) is 19.0 Å². The maximum absolute atomic E-state index is 12.6. The number of urea groups is 1. The number of anilines is 1. The summed E-state index contributed by atoms with van der Waals surface area (Å²) in [6, 6.07) is 5.66. The van der Waals surface area contributed by atoms with Gasteiger partial charge in [0.05, 0.1) is 18.8 Å². The summed E-state index contributed by atoms with van der Waals surface area (Å²) in [5.41, 5.74) is 1.64. The first-order valence-electron chi connectivity index (χ1n) is 12.9. The number of aromatic nitrogens is 1. The monoisotopic (exact) mass is 532 g/mol. The third kappa shape index (κ3) is 7.87. The molecule has 4 rings (SSSR count). The lowest BCUT2D eigenvalue weighted by Crippen LogP contribution is -2.53. The smallest absolute Gasteiger partial charge is 0.320 e. The molecule has 1 aromatic heterocycles. The Balaban J connectivity index is 1.29. The number of piperidine rings is 1. The molecule has 204 valence electrons. The van der Waals surface area contributed by atoms with Crippen LogP contribution in [0, 0.1) is 12.3 Å². The molecule has 2 saturated heterocycles. The summed E-state index contributed by atoms with van der Waals surface area (Å²) >= 11 is 1.48. The largest absolute Gasteiger partial charge is 0.493 e. The normalized spacial score (nSPS) is 23.6. The molecule has 2 unspecified atom stereocenters. The van der Waals surface area contributed by atoms with Crippen molar-refractivity contribution in [1.29, 1.82) is 0 Å². The van der Waals surface area contributed by atoms with E-state index in [4.69, 9.17) is 14.2 Å². The molecule has 9 nitrogen and oxygen atoms in total. The number of hydrogen-bond donors (Lipinski definition) is 3. The van der Waals surface area contributed by atoms with E-state index < -0.39 is 12.0 Å². The van der Waals surface area contributed by atoms with E-state index in [-0.39, 0.29) is 17.5 Å². The highest BCUT2D eigenvalue weighted by atomic mass is 32.1. The van der Waals surface area contributed by atoms with Gasteiger partial charge in [-0.15, -0.1) is 11.3 Å². The average molecular weight is 533 g/mol. The quantitative estimate of drug-likeness (QED) is 0.427. The Hall–Kier alpha value is -2.24. The second-order valence-corrected chi connectivity index (χ2v) is 12.3. The summed E-state index contributed by atoms with van der Waals surface area (Å²) in [6.45, 7) is 13.4. The van der Waals surface area contributed by atoms with E-state index in [1.807, 2.05) is 50.1 Å². The van der Waals surface area contributed by atoms with Crippen molar-refractivity contribution in [3.05, 3.63) is 29.1 Å². The van der Waals surface area contributed by atoms with Crippen LogP contribution in [0.4, 0.5) is 10.6 Å². The molecule has 0 radical (unpaired) electrons. The van der Waals surface area contributed by atoms with Crippen LogP contribution in [0.15, 0.2) is 23.6 Å². The summed E-state index contributed by atoms with van der Waals surface area (Å²) in [5, 5.41) is 18.9. The third-order valence-electron chi connectivity index (χ3n) is 6.60. The summed E-state index contributed by atoms with van der Waals surface area (Å²) in [5.74, 6) is 1.37. The average Bonchev–Trinajstić information content (AvgIpc) is 3.47. The van der Waals surface area contributed by atoms with Crippen LogP contribution in [-0.2, 0) is 9.47 Å². The van der Waals surface area contributed by atoms with Gasteiger partial charge in [-0.05, 0) is 70.7 Å². The predicted molar refractivity (Wildman–Crippen MR) is 145 cm³/mol. The number of carbonyl (C=O) groups is 1. The standard InChI is InChI=1S/C27H40N4O5S/c1-18-13-19(8-9-21(18)35-17-27(5)10-12-34-16-27)23-29-22(15-37-23)30-24(32)28-20-7-6-11-31(14-20)25(33)36-26(2,3)4/h8-9,13,15,20,25,33H,6-7,10-12,14,16-17H2,1-5H3,(H2,28,30,32)/t20-,25?,27?/m0/s1. The molecule has 10 heteroatoms. The van der Waals surface area contributed by atoms with E-state index in [1.54, 1.807) is 0 Å². The van der Waals surface area contributed by atoms with Gasteiger partial charge < -0.3 is 24.6 Å². The molecule has 1 aromatic carbocycles. The summed E-state index contributed by atoms with van der Waals surface area (Å²) < 4.78 is 17.3. The van der Waals surface area contributed by atoms with E-state index >= 15 is 0 Å². The highest BCUT2D eigenvalue weighted by molar-refractivity contribution is 7.13. The van der Waals surface area contributed by atoms with Crippen LogP contribution in [0.25, 0.3) is 10.6 Å². The number of hydrogen-bond acceptors (Lipinski definition) is 8. The van der Waals surface area contributed by atoms with E-state index in [0.717, 1.165) is 60.9 Å². The first kappa shape index (κ1) is 27.8. The Labute approximate surface area is 223 Å². The molecule has 0 aliphatic carbocycles. The summed E-state index contributed by atoms with van der Waals surface area (Å²) in [6.07, 6.45) is 1.73. The lowest BCUT2D eigenvalue weighted by molar-refractivity contribution is -0.243. The van der Waals surface area contributed by atoms with E-state index in [9.17, 15) is 9.90 Å². The van der Waals surface area contributed by atoms with Crippen LogP contribution < -0.4 is 15.4 Å². The highest BCUT2D eigenvalue weighted by Gasteiger charge is 2.31. The molecule has 2 aliphatic rings. The van der Waals surface area contributed by atoms with Crippen molar-refractivity contribution in [2.45, 2.75) is 71.9 Å². The van der Waals surface area contributed by atoms with Gasteiger partial charge in [0.2, 0.25) is 6.41 Å². The van der Waals surface area contributed by atoms with Gasteiger partial charge in [-0.2, -0.15) is 0 Å². The number of amides is 2. The molecular weight excluding hydrogens is 492 g/mol. The number of likely N-dealkylation sites (tertiary alicyclic amines) is 1. The Bertz CT molecular complexity index is 1060. The van der Waals surface area contributed by atoms with Crippen molar-refractivity contribution >= 4 is 23.2 Å². The van der Waals surface area contributed by atoms with Crippen LogP contribution in [0.2, 0.25) is 0 Å². The van der Waals surface area contributed by atoms with Gasteiger partial charge in [0.1, 0.15) is 16.6 Å². The molecule has 3 heterocycles. The van der Waals surface area contributed by atoms with Crippen LogP contribution in [0.3, 0.4) is 0 Å². The van der Waals surface area contributed by atoms with Crippen molar-refractivity contribution < 1.29 is 24.1 Å². The van der Waals surface area contributed by atoms with Crippen LogP contribution >= 0.6 is 11.3 Å². The van der Waals surface area contributed by atoms with Crippen molar-refractivity contribution in [3.8, 4) is 16.3 Å². The van der Waals surface area contributed by atoms with Crippen LogP contribution in [0.1, 0.15) is 52.5 Å². The van der Waals surface area contributed by atoms with Gasteiger partial charge in [0.15, 0.2) is 0 Å². The molecule has 0 saturated carbocycles. The number of rotatable bonds is 8. The number of ether oxygens (including phenoxy) is 3. The molecule has 3 atom stereocenters. The van der Waals surface area contributed by atoms with Crippen molar-refractivity contribution in [2.24, 2.45) is 5.41 Å². The number of carbonyl (C=O) groups excluding carboxylic acids is 1. The third-order valence-corrected chi connectivity index (χ3v) is 7.49. The van der Waals surface area contributed by atoms with Crippen LogP contribution in [0.5, 0.6) is 5.75 Å². The number of nitrogens with zero attached hydrogens (tertiary/aromatic N) is 2. The topological polar surface area (TPSA) is 105 Å². The lowest BCUT2D eigenvalue weighted by Gasteiger charge is -2.37. The molecule has 2 aliphatic heterocycles. The molecule has 2 aromatic rings. The van der Waals surface area contributed by atoms with Gasteiger partial charge in [0.25, 0.3) is 0 Å². The molecule has 0 bridgehead atoms. The number of thiazole rings is 1. The van der Waals surface area contributed by atoms with Gasteiger partial charge in [-0.25, -0.2) is 9.78 Å². The van der Waals surface area contributed by atoms with E-state index in [1.165, 1.54) is 11.3 Å². The van der Waals surface area contributed by atoms with Crippen LogP contribution in [-0.4, -0.2) is 72.0 Å². The van der Waals surface area contributed by atoms with E-state index in [2.05, 4.69) is 28.6 Å². The molecule has 2 amide bonds. The fraction of sp³-hybridized carbons (Fsp3) is 0.630. The number of benzene rings is 1. The number of aliphatic hydroxyl groups excluding tert-OH is 1. The highest BCUT2D eigenvalue weighted by Crippen LogP contribution is 2.32. The molecular formula is C27H40N4O5S. The van der Waals surface area contributed by atoms with Gasteiger partial charge in [-0.3, -0.25) is 10.2 Å². The molecule has 0 spiro atoms. The Morgan fingerprint density at radius 1 is 1.41 bits per heavy atom. The van der Waals surface area contributed by atoms with Gasteiger partial charge >= 0.3 is 6.03 Å². The first-order valence-corrected chi connectivity index (χ1v) is 13.8. The van der Waals surface area contributed by atoms with Crippen molar-refractivity contribution in [2.75, 3.05) is 38.2 Å². The van der Waals surface area contributed by atoms with Crippen molar-refractivity contribution in [1.82, 2.24) is 15.2 Å². The van der Waals surface area contributed by atoms with Gasteiger partial charge in [-0.1, -0.05) is 6.92 Å². The number of aryl methyl sites for hydroxylation is 1. The summed E-state index contributed by atoms with van der Waals surface area (Å²) in [4.78, 5) is 19.1. The maximum Gasteiger partial charge on any atom is 0.320 e. The molecule has 2 fully saturated rings. The number of aliphatic hydroxyl groups is 1. The predicted octanol–water partition coefficient (Wildman–Crippen LogP) is 4.60. The second-order valence-electron chi connectivity index (χ2n) is 11.4. The Kier molecular flexibility index (Phi) is 8.75. The minimum absolute atomic E-state index is 0.0669. The molecule has 3 N–H and O–H groups in total. The zero-order valence-electron chi connectivity index (χ0n) is 22.5. The Morgan fingerprint density at radius 2 is 2.22 bits per heavy atom. The lowest BCUT2D eigenvalue weighted by atomic mass is 9.91. The fourth-order valence-corrected chi connectivity index (χ4v) is 5.29. The minimum Gasteiger partial charge on any atom is -0.493 e. The fourth-order valence-electron chi connectivity index (χ4n) is 4.54. The molecule has 37 heavy (non-hydrogen) atoms. The Morgan fingerprint density at radius 3 is 2.92 bits per heavy atom. The number of nitrogens with one attached hydrogen (secondary N) is 2. The second kappa shape index (κ2) is 11.7. The van der Waals surface area contributed by atoms with Gasteiger partial charge in [0, 0.05) is 42.1 Å². The van der Waals surface area contributed by atoms with Crippen molar-refractivity contribution in [3.63, 3.8) is 0 Å². The maximum atomic E-state index is 12.6. The zero-order valence-corrected chi connectivity index (χ0v) is 23.3. The minimum atomic E-state index is -0.992. The zero-order chi connectivity index (χ0) is 26.6. The first-order chi connectivity index (χ1) is 17.5. The SMILES string of the molecule is Cc1cc(-c2nc(NC(=O)N[C@H]3CCCN(C(O)OC(C)(C)C)C3)cs2)ccc1OCC1(C)CCOC1.